The number of hydrogen-bond acceptors (Lipinski definition) is 6. The molecule has 0 saturated heterocycles. The number of amides is 3. The van der Waals surface area contributed by atoms with E-state index in [1.165, 1.54) is 0 Å². The zero-order valence-electron chi connectivity index (χ0n) is 12.2. The van der Waals surface area contributed by atoms with Crippen molar-refractivity contribution in [1.82, 2.24) is 10.6 Å². The second kappa shape index (κ2) is 10.5. The Morgan fingerprint density at radius 2 is 1.77 bits per heavy atom. The quantitative estimate of drug-likeness (QED) is 0.219. The van der Waals surface area contributed by atoms with Crippen LogP contribution in [0.3, 0.4) is 0 Å². The number of nitrogens with two attached hydrogens (primary N) is 3. The average Bonchev–Trinajstić information content (AvgIpc) is 2.43. The van der Waals surface area contributed by atoms with E-state index < -0.39 is 48.7 Å². The Kier molecular flexibility index (Phi) is 9.46. The van der Waals surface area contributed by atoms with Gasteiger partial charge in [0, 0.05) is 0 Å². The lowest BCUT2D eigenvalue weighted by atomic mass is 10.1. The van der Waals surface area contributed by atoms with Gasteiger partial charge in [-0.15, -0.1) is 0 Å². The van der Waals surface area contributed by atoms with E-state index in [1.807, 2.05) is 0 Å². The zero-order valence-corrected chi connectivity index (χ0v) is 12.2. The van der Waals surface area contributed by atoms with E-state index in [1.54, 1.807) is 0 Å². The van der Waals surface area contributed by atoms with Crippen LogP contribution in [0.15, 0.2) is 0 Å². The van der Waals surface area contributed by atoms with Crippen molar-refractivity contribution in [2.75, 3.05) is 13.1 Å². The van der Waals surface area contributed by atoms with Crippen molar-refractivity contribution in [1.29, 1.82) is 0 Å². The van der Waals surface area contributed by atoms with E-state index in [0.29, 0.717) is 19.4 Å². The summed E-state index contributed by atoms with van der Waals surface area (Å²) in [7, 11) is 0. The van der Waals surface area contributed by atoms with Crippen molar-refractivity contribution in [3.05, 3.63) is 0 Å². The summed E-state index contributed by atoms with van der Waals surface area (Å²) < 4.78 is 0. The van der Waals surface area contributed by atoms with E-state index in [4.69, 9.17) is 22.3 Å². The van der Waals surface area contributed by atoms with Gasteiger partial charge in [-0.25, -0.2) is 4.79 Å². The first-order valence-electron chi connectivity index (χ1n) is 6.81. The van der Waals surface area contributed by atoms with E-state index >= 15 is 0 Å². The fraction of sp³-hybridized carbons (Fsp3) is 0.667. The molecule has 0 aromatic rings. The fourth-order valence-corrected chi connectivity index (χ4v) is 1.58. The Morgan fingerprint density at radius 1 is 1.14 bits per heavy atom. The van der Waals surface area contributed by atoms with Crippen LogP contribution in [0.25, 0.3) is 0 Å². The van der Waals surface area contributed by atoms with E-state index in [-0.39, 0.29) is 0 Å². The molecule has 0 aliphatic rings. The maximum absolute atomic E-state index is 11.6. The third-order valence-corrected chi connectivity index (χ3v) is 2.77. The van der Waals surface area contributed by atoms with Crippen molar-refractivity contribution in [3.63, 3.8) is 0 Å². The monoisotopic (exact) mass is 317 g/mol. The summed E-state index contributed by atoms with van der Waals surface area (Å²) in [5.41, 5.74) is 15.8. The Balaban J connectivity index is 4.17. The standard InChI is InChI=1S/C12H23N5O5/c13-4-2-1-3-7(14)11(20)16-6-10(19)17-8(12(21)22)5-9(15)18/h7-8H,1-6,13-14H2,(H2,15,18)(H,16,20)(H,17,19)(H,21,22). The fourth-order valence-electron chi connectivity index (χ4n) is 1.58. The van der Waals surface area contributed by atoms with Crippen LogP contribution < -0.4 is 27.8 Å². The number of aliphatic carboxylic acids is 1. The van der Waals surface area contributed by atoms with E-state index in [2.05, 4.69) is 10.6 Å². The van der Waals surface area contributed by atoms with Gasteiger partial charge in [0.1, 0.15) is 6.04 Å². The molecule has 0 fully saturated rings. The summed E-state index contributed by atoms with van der Waals surface area (Å²) in [5.74, 6) is -3.53. The highest BCUT2D eigenvalue weighted by molar-refractivity contribution is 5.91. The highest BCUT2D eigenvalue weighted by Gasteiger charge is 2.22. The largest absolute Gasteiger partial charge is 0.480 e. The molecule has 9 N–H and O–H groups in total. The van der Waals surface area contributed by atoms with Crippen LogP contribution in [0, 0.1) is 0 Å². The summed E-state index contributed by atoms with van der Waals surface area (Å²) >= 11 is 0. The molecule has 0 radical (unpaired) electrons. The predicted molar refractivity (Wildman–Crippen MR) is 77.3 cm³/mol. The van der Waals surface area contributed by atoms with E-state index in [0.717, 1.165) is 6.42 Å². The van der Waals surface area contributed by atoms with Crippen LogP contribution >= 0.6 is 0 Å². The van der Waals surface area contributed by atoms with Gasteiger partial charge in [0.2, 0.25) is 17.7 Å². The van der Waals surface area contributed by atoms with Gasteiger partial charge in [0.25, 0.3) is 0 Å². The topological polar surface area (TPSA) is 191 Å². The number of rotatable bonds is 11. The molecule has 3 amide bonds. The second-order valence-corrected chi connectivity index (χ2v) is 4.74. The summed E-state index contributed by atoms with van der Waals surface area (Å²) in [5, 5.41) is 13.2. The van der Waals surface area contributed by atoms with Gasteiger partial charge in [-0.2, -0.15) is 0 Å². The molecule has 2 atom stereocenters. The number of carboxylic acid groups (broad SMARTS) is 1. The summed E-state index contributed by atoms with van der Waals surface area (Å²) in [6, 6.07) is -2.19. The average molecular weight is 317 g/mol. The Hall–Kier alpha value is -2.20. The van der Waals surface area contributed by atoms with Crippen molar-refractivity contribution in [3.8, 4) is 0 Å². The number of unbranched alkanes of at least 4 members (excludes halogenated alkanes) is 1. The first-order valence-corrected chi connectivity index (χ1v) is 6.81. The molecular weight excluding hydrogens is 294 g/mol. The minimum absolute atomic E-state index is 0.435. The normalized spacial score (nSPS) is 13.0. The summed E-state index contributed by atoms with van der Waals surface area (Å²) in [4.78, 5) is 44.6. The lowest BCUT2D eigenvalue weighted by molar-refractivity contribution is -0.143. The number of carbonyl (C=O) groups excluding carboxylic acids is 3. The van der Waals surface area contributed by atoms with Gasteiger partial charge in [-0.3, -0.25) is 14.4 Å². The Bertz CT molecular complexity index is 415. The number of carbonyl (C=O) groups is 4. The molecular formula is C12H23N5O5. The number of hydrogen-bond donors (Lipinski definition) is 6. The maximum atomic E-state index is 11.6. The van der Waals surface area contributed by atoms with Crippen LogP contribution in [0.5, 0.6) is 0 Å². The zero-order chi connectivity index (χ0) is 17.1. The van der Waals surface area contributed by atoms with Gasteiger partial charge in [-0.05, 0) is 19.4 Å². The van der Waals surface area contributed by atoms with Gasteiger partial charge in [0.05, 0.1) is 19.0 Å². The molecule has 2 unspecified atom stereocenters. The molecule has 0 saturated carbocycles. The first-order chi connectivity index (χ1) is 10.3. The van der Waals surface area contributed by atoms with Crippen molar-refractivity contribution < 1.29 is 24.3 Å². The predicted octanol–water partition coefficient (Wildman–Crippen LogP) is -3.00. The molecule has 0 aromatic heterocycles. The molecule has 126 valence electrons. The molecule has 0 bridgehead atoms. The molecule has 0 heterocycles. The molecule has 0 aliphatic carbocycles. The van der Waals surface area contributed by atoms with Crippen molar-refractivity contribution >= 4 is 23.7 Å². The molecule has 22 heavy (non-hydrogen) atoms. The molecule has 0 rings (SSSR count). The van der Waals surface area contributed by atoms with E-state index in [9.17, 15) is 19.2 Å². The maximum Gasteiger partial charge on any atom is 0.326 e. The SMILES string of the molecule is NCCCCC(N)C(=O)NCC(=O)NC(CC(N)=O)C(=O)O. The summed E-state index contributed by atoms with van der Waals surface area (Å²) in [6.07, 6.45) is 1.34. The lowest BCUT2D eigenvalue weighted by Gasteiger charge is -2.14. The Morgan fingerprint density at radius 3 is 2.27 bits per heavy atom. The number of primary amides is 1. The van der Waals surface area contributed by atoms with Crippen molar-refractivity contribution in [2.24, 2.45) is 17.2 Å². The first kappa shape index (κ1) is 19.8. The third-order valence-electron chi connectivity index (χ3n) is 2.77. The van der Waals surface area contributed by atoms with Gasteiger partial charge >= 0.3 is 5.97 Å². The van der Waals surface area contributed by atoms with Gasteiger partial charge in [0.15, 0.2) is 0 Å². The molecule has 0 aliphatic heterocycles. The van der Waals surface area contributed by atoms with Crippen molar-refractivity contribution in [2.45, 2.75) is 37.8 Å². The minimum Gasteiger partial charge on any atom is -0.480 e. The van der Waals surface area contributed by atoms with Gasteiger partial charge < -0.3 is 32.9 Å². The number of nitrogens with one attached hydrogen (secondary N) is 2. The van der Waals surface area contributed by atoms with Crippen LogP contribution in [-0.4, -0.2) is 54.0 Å². The van der Waals surface area contributed by atoms with Crippen LogP contribution in [0.2, 0.25) is 0 Å². The molecule has 0 aromatic carbocycles. The van der Waals surface area contributed by atoms with Crippen LogP contribution in [0.4, 0.5) is 0 Å². The van der Waals surface area contributed by atoms with Gasteiger partial charge in [-0.1, -0.05) is 6.42 Å². The molecule has 10 nitrogen and oxygen atoms in total. The second-order valence-electron chi connectivity index (χ2n) is 4.74. The molecule has 10 heteroatoms. The Labute approximate surface area is 127 Å². The highest BCUT2D eigenvalue weighted by atomic mass is 16.4. The van der Waals surface area contributed by atoms with Crippen LogP contribution in [-0.2, 0) is 19.2 Å². The lowest BCUT2D eigenvalue weighted by Crippen LogP contribution is -2.49. The molecule has 0 spiro atoms. The minimum atomic E-state index is -1.43. The van der Waals surface area contributed by atoms with Crippen LogP contribution in [0.1, 0.15) is 25.7 Å². The summed E-state index contributed by atoms with van der Waals surface area (Å²) in [6.45, 7) is 0.0686. The number of carboxylic acids is 1. The highest BCUT2D eigenvalue weighted by Crippen LogP contribution is 1.97. The third kappa shape index (κ3) is 8.87. The smallest absolute Gasteiger partial charge is 0.326 e.